The van der Waals surface area contributed by atoms with E-state index in [2.05, 4.69) is 24.1 Å². The minimum absolute atomic E-state index is 0.605. The molecule has 0 radical (unpaired) electrons. The fourth-order valence-electron chi connectivity index (χ4n) is 2.41. The van der Waals surface area contributed by atoms with Crippen molar-refractivity contribution in [2.24, 2.45) is 0 Å². The van der Waals surface area contributed by atoms with Crippen LogP contribution in [-0.4, -0.2) is 68.0 Å². The van der Waals surface area contributed by atoms with Crippen molar-refractivity contribution in [1.29, 1.82) is 5.26 Å². The van der Waals surface area contributed by atoms with E-state index < -0.39 is 11.9 Å². The Bertz CT molecular complexity index is 880. The molecular formula is C22H26N2O7. The Balaban J connectivity index is 0.000000703. The monoisotopic (exact) mass is 430 g/mol. The molecule has 2 N–H and O–H groups in total. The zero-order valence-corrected chi connectivity index (χ0v) is 17.7. The van der Waals surface area contributed by atoms with E-state index in [1.807, 2.05) is 24.3 Å². The van der Waals surface area contributed by atoms with Gasteiger partial charge in [0.2, 0.25) is 0 Å². The number of nitrogens with zero attached hydrogens (tertiary/aromatic N) is 2. The molecule has 0 aliphatic carbocycles. The third-order valence-corrected chi connectivity index (χ3v) is 4.14. The van der Waals surface area contributed by atoms with E-state index in [0.717, 1.165) is 36.8 Å². The second-order valence-electron chi connectivity index (χ2n) is 6.34. The summed E-state index contributed by atoms with van der Waals surface area (Å²) in [5.74, 6) is -1.36. The van der Waals surface area contributed by atoms with Crippen molar-refractivity contribution < 1.29 is 34.0 Å². The molecular weight excluding hydrogens is 404 g/mol. The van der Waals surface area contributed by atoms with Gasteiger partial charge in [-0.3, -0.25) is 0 Å². The van der Waals surface area contributed by atoms with E-state index in [1.54, 1.807) is 26.4 Å². The van der Waals surface area contributed by atoms with Gasteiger partial charge in [-0.25, -0.2) is 9.59 Å². The van der Waals surface area contributed by atoms with Crippen LogP contribution in [-0.2, 0) is 16.0 Å². The van der Waals surface area contributed by atoms with Crippen molar-refractivity contribution in [1.82, 2.24) is 4.90 Å². The van der Waals surface area contributed by atoms with Crippen LogP contribution >= 0.6 is 0 Å². The number of methoxy groups -OCH3 is 2. The van der Waals surface area contributed by atoms with Crippen molar-refractivity contribution in [3.05, 3.63) is 53.6 Å². The lowest BCUT2D eigenvalue weighted by Crippen LogP contribution is -2.26. The Hall–Kier alpha value is -3.77. The van der Waals surface area contributed by atoms with Crippen LogP contribution < -0.4 is 14.2 Å². The molecule has 31 heavy (non-hydrogen) atoms. The van der Waals surface area contributed by atoms with Crippen molar-refractivity contribution in [2.45, 2.75) is 6.42 Å². The Morgan fingerprint density at radius 1 is 0.968 bits per heavy atom. The highest BCUT2D eigenvalue weighted by molar-refractivity contribution is 6.27. The molecule has 0 unspecified atom stereocenters. The fraction of sp³-hybridized carbons (Fsp3) is 0.318. The number of carbonyl (C=O) groups is 2. The fourth-order valence-corrected chi connectivity index (χ4v) is 2.41. The number of likely N-dealkylation sites (N-methyl/N-ethyl adjacent to an activating group) is 1. The quantitative estimate of drug-likeness (QED) is 0.576. The number of ether oxygens (including phenoxy) is 3. The molecule has 2 aromatic rings. The maximum absolute atomic E-state index is 9.10. The highest BCUT2D eigenvalue weighted by Gasteiger charge is 2.06. The Labute approximate surface area is 181 Å². The van der Waals surface area contributed by atoms with Crippen molar-refractivity contribution in [3.63, 3.8) is 0 Å². The lowest BCUT2D eigenvalue weighted by molar-refractivity contribution is -0.159. The summed E-state index contributed by atoms with van der Waals surface area (Å²) in [6.45, 7) is 2.35. The summed E-state index contributed by atoms with van der Waals surface area (Å²) in [4.78, 5) is 20.4. The molecule has 0 amide bonds. The second-order valence-corrected chi connectivity index (χ2v) is 6.34. The number of hydrogen-bond acceptors (Lipinski definition) is 7. The molecule has 9 heteroatoms. The third-order valence-electron chi connectivity index (χ3n) is 4.14. The first-order valence-corrected chi connectivity index (χ1v) is 9.29. The van der Waals surface area contributed by atoms with E-state index in [9.17, 15) is 0 Å². The normalized spacial score (nSPS) is 9.77. The summed E-state index contributed by atoms with van der Waals surface area (Å²) < 4.78 is 16.3. The molecule has 0 saturated carbocycles. The first kappa shape index (κ1) is 25.3. The van der Waals surface area contributed by atoms with Crippen molar-refractivity contribution >= 4 is 11.9 Å². The van der Waals surface area contributed by atoms with E-state index in [4.69, 9.17) is 39.3 Å². The molecule has 0 spiro atoms. The second kappa shape index (κ2) is 13.5. The summed E-state index contributed by atoms with van der Waals surface area (Å²) >= 11 is 0. The van der Waals surface area contributed by atoms with E-state index in [0.29, 0.717) is 12.2 Å². The molecule has 2 aromatic carbocycles. The molecule has 0 aromatic heterocycles. The van der Waals surface area contributed by atoms with Crippen molar-refractivity contribution in [3.8, 4) is 23.3 Å². The first-order chi connectivity index (χ1) is 14.8. The Morgan fingerprint density at radius 2 is 1.58 bits per heavy atom. The molecule has 9 nitrogen and oxygen atoms in total. The van der Waals surface area contributed by atoms with Crippen LogP contribution in [0.2, 0.25) is 0 Å². The SMILES string of the molecule is COc1ccc(CCN(C)CCOc2ccc(C#N)cc2)cc1OC.O=C(O)C(=O)O. The number of aliphatic carboxylic acids is 2. The molecule has 0 aliphatic heterocycles. The molecule has 0 saturated heterocycles. The molecule has 0 heterocycles. The molecule has 2 rings (SSSR count). The minimum Gasteiger partial charge on any atom is -0.493 e. The Kier molecular flexibility index (Phi) is 11.0. The van der Waals surface area contributed by atoms with Gasteiger partial charge in [0.05, 0.1) is 25.9 Å². The number of nitriles is 1. The minimum atomic E-state index is -1.82. The standard InChI is InChI=1S/C20H24N2O3.C2H2O4/c1-22(12-13-25-18-7-4-17(15-21)5-8-18)11-10-16-6-9-19(23-2)20(14-16)24-3;3-1(4)2(5)6/h4-9,14H,10-13H2,1-3H3;(H,3,4)(H,5,6). The summed E-state index contributed by atoms with van der Waals surface area (Å²) in [7, 11) is 5.36. The van der Waals surface area contributed by atoms with Crippen LogP contribution in [0.25, 0.3) is 0 Å². The van der Waals surface area contributed by atoms with Gasteiger partial charge in [0.1, 0.15) is 12.4 Å². The number of rotatable bonds is 9. The smallest absolute Gasteiger partial charge is 0.414 e. The topological polar surface area (TPSA) is 129 Å². The van der Waals surface area contributed by atoms with Gasteiger partial charge >= 0.3 is 11.9 Å². The number of benzene rings is 2. The Morgan fingerprint density at radius 3 is 2.10 bits per heavy atom. The molecule has 0 atom stereocenters. The number of carboxylic acid groups (broad SMARTS) is 2. The van der Waals surface area contributed by atoms with Crippen LogP contribution in [0.3, 0.4) is 0 Å². The summed E-state index contributed by atoms with van der Waals surface area (Å²) in [5.41, 5.74) is 1.84. The molecule has 166 valence electrons. The van der Waals surface area contributed by atoms with Gasteiger partial charge in [0.15, 0.2) is 11.5 Å². The van der Waals surface area contributed by atoms with Gasteiger partial charge in [-0.15, -0.1) is 0 Å². The maximum atomic E-state index is 9.10. The van der Waals surface area contributed by atoms with Crippen LogP contribution in [0.4, 0.5) is 0 Å². The average Bonchev–Trinajstić information content (AvgIpc) is 2.78. The van der Waals surface area contributed by atoms with Crippen LogP contribution in [0, 0.1) is 11.3 Å². The molecule has 0 aliphatic rings. The zero-order valence-electron chi connectivity index (χ0n) is 17.7. The molecule has 0 bridgehead atoms. The van der Waals surface area contributed by atoms with Crippen molar-refractivity contribution in [2.75, 3.05) is 41.0 Å². The maximum Gasteiger partial charge on any atom is 0.414 e. The van der Waals surface area contributed by atoms with E-state index >= 15 is 0 Å². The zero-order chi connectivity index (χ0) is 23.2. The number of carboxylic acids is 2. The van der Waals surface area contributed by atoms with Gasteiger partial charge in [0, 0.05) is 13.1 Å². The first-order valence-electron chi connectivity index (χ1n) is 9.29. The van der Waals surface area contributed by atoms with Gasteiger partial charge in [-0.05, 0) is 55.4 Å². The van der Waals surface area contributed by atoms with Crippen LogP contribution in [0.5, 0.6) is 17.2 Å². The highest BCUT2D eigenvalue weighted by Crippen LogP contribution is 2.27. The largest absolute Gasteiger partial charge is 0.493 e. The van der Waals surface area contributed by atoms with Gasteiger partial charge < -0.3 is 29.3 Å². The molecule has 0 fully saturated rings. The van der Waals surface area contributed by atoms with Crippen LogP contribution in [0.15, 0.2) is 42.5 Å². The third kappa shape index (κ3) is 9.51. The van der Waals surface area contributed by atoms with E-state index in [-0.39, 0.29) is 0 Å². The predicted molar refractivity (Wildman–Crippen MR) is 113 cm³/mol. The highest BCUT2D eigenvalue weighted by atomic mass is 16.5. The lowest BCUT2D eigenvalue weighted by Gasteiger charge is -2.17. The average molecular weight is 430 g/mol. The number of hydrogen-bond donors (Lipinski definition) is 2. The predicted octanol–water partition coefficient (Wildman–Crippen LogP) is 2.28. The lowest BCUT2D eigenvalue weighted by atomic mass is 10.1. The van der Waals surface area contributed by atoms with Crippen LogP contribution in [0.1, 0.15) is 11.1 Å². The van der Waals surface area contributed by atoms with Gasteiger partial charge in [-0.2, -0.15) is 5.26 Å². The summed E-state index contributed by atoms with van der Waals surface area (Å²) in [5, 5.41) is 23.6. The summed E-state index contributed by atoms with van der Waals surface area (Å²) in [6.07, 6.45) is 0.924. The van der Waals surface area contributed by atoms with E-state index in [1.165, 1.54) is 5.56 Å². The van der Waals surface area contributed by atoms with Gasteiger partial charge in [-0.1, -0.05) is 6.07 Å². The van der Waals surface area contributed by atoms with Gasteiger partial charge in [0.25, 0.3) is 0 Å². The summed E-state index contributed by atoms with van der Waals surface area (Å²) in [6, 6.07) is 15.3.